The van der Waals surface area contributed by atoms with Gasteiger partial charge in [-0.05, 0) is 25.5 Å². The van der Waals surface area contributed by atoms with Crippen LogP contribution in [0, 0.1) is 13.8 Å². The van der Waals surface area contributed by atoms with E-state index in [2.05, 4.69) is 14.9 Å². The van der Waals surface area contributed by atoms with Crippen molar-refractivity contribution in [3.05, 3.63) is 28.2 Å². The highest BCUT2D eigenvalue weighted by Gasteiger charge is 2.18. The number of thiophene rings is 1. The number of aliphatic hydroxyl groups is 1. The van der Waals surface area contributed by atoms with Gasteiger partial charge in [-0.1, -0.05) is 5.16 Å². The Balaban J connectivity index is 2.00. The molecular weight excluding hydrogens is 302 g/mol. The zero-order chi connectivity index (χ0) is 14.8. The molecule has 0 aliphatic carbocycles. The van der Waals surface area contributed by atoms with Gasteiger partial charge in [0.1, 0.15) is 4.21 Å². The Morgan fingerprint density at radius 3 is 2.75 bits per heavy atom. The van der Waals surface area contributed by atoms with Crippen molar-refractivity contribution in [2.45, 2.75) is 31.1 Å². The number of hydrogen-bond acceptors (Lipinski definition) is 7. The van der Waals surface area contributed by atoms with Crippen LogP contribution in [0.3, 0.4) is 0 Å². The molecule has 20 heavy (non-hydrogen) atoms. The van der Waals surface area contributed by atoms with E-state index in [0.29, 0.717) is 23.0 Å². The number of aryl methyl sites for hydroxylation is 2. The standard InChI is InChI=1S/C11H15N3O4S2/c1-7-5-11(19-9(7)6-15)20(16,17)12-4-3-10-13-8(2)14-18-10/h5,12,15H,3-4,6H2,1-2H3. The lowest BCUT2D eigenvalue weighted by Gasteiger charge is -2.02. The van der Waals surface area contributed by atoms with Crippen molar-refractivity contribution < 1.29 is 18.0 Å². The summed E-state index contributed by atoms with van der Waals surface area (Å²) in [5.74, 6) is 0.910. The first-order valence-corrected chi connectivity index (χ1v) is 8.21. The van der Waals surface area contributed by atoms with Gasteiger partial charge in [-0.2, -0.15) is 4.98 Å². The van der Waals surface area contributed by atoms with Crippen LogP contribution < -0.4 is 4.72 Å². The molecule has 0 aliphatic heterocycles. The minimum Gasteiger partial charge on any atom is -0.391 e. The summed E-state index contributed by atoms with van der Waals surface area (Å²) in [5, 5.41) is 12.7. The molecule has 0 saturated carbocycles. The predicted octanol–water partition coefficient (Wildman–Crippen LogP) is 0.761. The largest absolute Gasteiger partial charge is 0.391 e. The van der Waals surface area contributed by atoms with Crippen molar-refractivity contribution >= 4 is 21.4 Å². The summed E-state index contributed by atoms with van der Waals surface area (Å²) in [6.45, 7) is 3.48. The van der Waals surface area contributed by atoms with Crippen LogP contribution in [0.15, 0.2) is 14.8 Å². The maximum absolute atomic E-state index is 12.1. The van der Waals surface area contributed by atoms with E-state index in [4.69, 9.17) is 9.63 Å². The molecule has 0 atom stereocenters. The van der Waals surface area contributed by atoms with Gasteiger partial charge in [-0.15, -0.1) is 11.3 Å². The fourth-order valence-corrected chi connectivity index (χ4v) is 4.11. The van der Waals surface area contributed by atoms with Crippen LogP contribution in [-0.2, 0) is 23.1 Å². The molecule has 0 aromatic carbocycles. The number of aromatic nitrogens is 2. The smallest absolute Gasteiger partial charge is 0.250 e. The highest BCUT2D eigenvalue weighted by atomic mass is 32.2. The van der Waals surface area contributed by atoms with E-state index in [1.165, 1.54) is 0 Å². The first-order chi connectivity index (χ1) is 9.42. The molecule has 0 amide bonds. The molecule has 2 aromatic heterocycles. The third-order valence-corrected chi connectivity index (χ3v) is 5.76. The summed E-state index contributed by atoms with van der Waals surface area (Å²) in [7, 11) is -3.57. The van der Waals surface area contributed by atoms with Crippen molar-refractivity contribution in [2.24, 2.45) is 0 Å². The van der Waals surface area contributed by atoms with Crippen LogP contribution >= 0.6 is 11.3 Å². The predicted molar refractivity (Wildman–Crippen MR) is 72.9 cm³/mol. The van der Waals surface area contributed by atoms with Gasteiger partial charge in [-0.3, -0.25) is 0 Å². The van der Waals surface area contributed by atoms with Gasteiger partial charge in [0, 0.05) is 17.8 Å². The van der Waals surface area contributed by atoms with Crippen molar-refractivity contribution in [1.29, 1.82) is 0 Å². The Morgan fingerprint density at radius 2 is 2.20 bits per heavy atom. The Hall–Kier alpha value is -1.29. The van der Waals surface area contributed by atoms with E-state index in [1.54, 1.807) is 19.9 Å². The van der Waals surface area contributed by atoms with Crippen molar-refractivity contribution in [3.8, 4) is 0 Å². The van der Waals surface area contributed by atoms with E-state index in [0.717, 1.165) is 16.9 Å². The molecular formula is C11H15N3O4S2. The van der Waals surface area contributed by atoms with E-state index < -0.39 is 10.0 Å². The first-order valence-electron chi connectivity index (χ1n) is 5.91. The van der Waals surface area contributed by atoms with Gasteiger partial charge in [0.2, 0.25) is 15.9 Å². The summed E-state index contributed by atoms with van der Waals surface area (Å²) in [6.07, 6.45) is 0.331. The second-order valence-corrected chi connectivity index (χ2v) is 7.34. The molecule has 0 radical (unpaired) electrons. The summed E-state index contributed by atoms with van der Waals surface area (Å²) in [5.41, 5.74) is 0.769. The molecule has 0 saturated heterocycles. The second kappa shape index (κ2) is 6.00. The molecule has 0 fully saturated rings. The average Bonchev–Trinajstić information content (AvgIpc) is 2.95. The summed E-state index contributed by atoms with van der Waals surface area (Å²) in [4.78, 5) is 4.64. The topological polar surface area (TPSA) is 105 Å². The molecule has 110 valence electrons. The zero-order valence-electron chi connectivity index (χ0n) is 11.1. The van der Waals surface area contributed by atoms with Gasteiger partial charge in [0.05, 0.1) is 6.61 Å². The molecule has 7 nitrogen and oxygen atoms in total. The second-order valence-electron chi connectivity index (χ2n) is 4.21. The number of aliphatic hydroxyl groups excluding tert-OH is 1. The Morgan fingerprint density at radius 1 is 1.45 bits per heavy atom. The molecule has 0 unspecified atom stereocenters. The summed E-state index contributed by atoms with van der Waals surface area (Å²) >= 11 is 1.06. The molecule has 0 spiro atoms. The summed E-state index contributed by atoms with van der Waals surface area (Å²) < 4.78 is 31.7. The zero-order valence-corrected chi connectivity index (χ0v) is 12.7. The average molecular weight is 317 g/mol. The molecule has 2 N–H and O–H groups in total. The SMILES string of the molecule is Cc1noc(CCNS(=O)(=O)c2cc(C)c(CO)s2)n1. The molecule has 9 heteroatoms. The van der Waals surface area contributed by atoms with Crippen LogP contribution in [0.5, 0.6) is 0 Å². The van der Waals surface area contributed by atoms with Gasteiger partial charge < -0.3 is 9.63 Å². The van der Waals surface area contributed by atoms with Gasteiger partial charge >= 0.3 is 0 Å². The van der Waals surface area contributed by atoms with Crippen LogP contribution in [0.1, 0.15) is 22.2 Å². The van der Waals surface area contributed by atoms with Crippen molar-refractivity contribution in [3.63, 3.8) is 0 Å². The Kier molecular flexibility index (Phi) is 4.53. The van der Waals surface area contributed by atoms with Crippen molar-refractivity contribution in [1.82, 2.24) is 14.9 Å². The molecule has 2 heterocycles. The molecule has 2 aromatic rings. The minimum atomic E-state index is -3.57. The third-order valence-electron chi connectivity index (χ3n) is 2.61. The summed E-state index contributed by atoms with van der Waals surface area (Å²) in [6, 6.07) is 1.55. The number of sulfonamides is 1. The van der Waals surface area contributed by atoms with Crippen LogP contribution in [0.25, 0.3) is 0 Å². The minimum absolute atomic E-state index is 0.159. The lowest BCUT2D eigenvalue weighted by Crippen LogP contribution is -2.25. The highest BCUT2D eigenvalue weighted by Crippen LogP contribution is 2.25. The maximum Gasteiger partial charge on any atom is 0.250 e. The van der Waals surface area contributed by atoms with Gasteiger partial charge in [-0.25, -0.2) is 13.1 Å². The first kappa shape index (κ1) is 15.1. The quantitative estimate of drug-likeness (QED) is 0.815. The van der Waals surface area contributed by atoms with Crippen LogP contribution in [0.2, 0.25) is 0 Å². The third kappa shape index (κ3) is 3.42. The number of rotatable bonds is 6. The van der Waals surface area contributed by atoms with E-state index in [-0.39, 0.29) is 17.4 Å². The monoisotopic (exact) mass is 317 g/mol. The Labute approximate surface area is 120 Å². The van der Waals surface area contributed by atoms with E-state index >= 15 is 0 Å². The lowest BCUT2D eigenvalue weighted by atomic mass is 10.3. The fraction of sp³-hybridized carbons (Fsp3) is 0.455. The van der Waals surface area contributed by atoms with Crippen molar-refractivity contribution in [2.75, 3.05) is 6.54 Å². The van der Waals surface area contributed by atoms with E-state index in [9.17, 15) is 8.42 Å². The fourth-order valence-electron chi connectivity index (χ4n) is 1.58. The van der Waals surface area contributed by atoms with Crippen LogP contribution in [-0.4, -0.2) is 30.2 Å². The van der Waals surface area contributed by atoms with Gasteiger partial charge in [0.25, 0.3) is 0 Å². The Bertz CT molecular complexity index is 690. The van der Waals surface area contributed by atoms with E-state index in [1.807, 2.05) is 0 Å². The number of hydrogen-bond donors (Lipinski definition) is 2. The molecule has 2 rings (SSSR count). The molecule has 0 bridgehead atoms. The number of nitrogens with zero attached hydrogens (tertiary/aromatic N) is 2. The normalized spacial score (nSPS) is 11.9. The lowest BCUT2D eigenvalue weighted by molar-refractivity contribution is 0.285. The number of nitrogens with one attached hydrogen (secondary N) is 1. The molecule has 0 aliphatic rings. The van der Waals surface area contributed by atoms with Gasteiger partial charge in [0.15, 0.2) is 5.82 Å². The maximum atomic E-state index is 12.1. The highest BCUT2D eigenvalue weighted by molar-refractivity contribution is 7.91. The van der Waals surface area contributed by atoms with Crippen LogP contribution in [0.4, 0.5) is 0 Å².